The Bertz CT molecular complexity index is 657. The van der Waals surface area contributed by atoms with Crippen molar-refractivity contribution in [2.24, 2.45) is 5.14 Å². The maximum Gasteiger partial charge on any atom is 0.271 e. The van der Waals surface area contributed by atoms with Crippen LogP contribution in [0, 0.1) is 10.1 Å². The summed E-state index contributed by atoms with van der Waals surface area (Å²) in [6.45, 7) is 4.55. The lowest BCUT2D eigenvalue weighted by Crippen LogP contribution is -2.31. The summed E-state index contributed by atoms with van der Waals surface area (Å²) < 4.78 is 22.8. The molecule has 9 heteroatoms. The molecule has 21 heavy (non-hydrogen) atoms. The SMILES string of the molecule is CCCN(CC)C(=O)c1cc([N+](=O)[O-])cc(S(N)(=O)=O)c1. The first-order chi connectivity index (χ1) is 9.70. The quantitative estimate of drug-likeness (QED) is 0.622. The monoisotopic (exact) mass is 315 g/mol. The number of sulfonamides is 1. The maximum absolute atomic E-state index is 12.3. The summed E-state index contributed by atoms with van der Waals surface area (Å²) in [4.78, 5) is 23.4. The van der Waals surface area contributed by atoms with Crippen molar-refractivity contribution in [3.8, 4) is 0 Å². The molecule has 0 fully saturated rings. The minimum atomic E-state index is -4.13. The summed E-state index contributed by atoms with van der Waals surface area (Å²) in [6.07, 6.45) is 0.719. The predicted molar refractivity (Wildman–Crippen MR) is 76.3 cm³/mol. The van der Waals surface area contributed by atoms with Crippen molar-refractivity contribution in [2.75, 3.05) is 13.1 Å². The van der Waals surface area contributed by atoms with Crippen LogP contribution >= 0.6 is 0 Å². The van der Waals surface area contributed by atoms with E-state index in [9.17, 15) is 23.3 Å². The molecule has 116 valence electrons. The van der Waals surface area contributed by atoms with Gasteiger partial charge < -0.3 is 4.90 Å². The third kappa shape index (κ3) is 4.23. The zero-order valence-electron chi connectivity index (χ0n) is 11.8. The van der Waals surface area contributed by atoms with Crippen LogP contribution in [0.2, 0.25) is 0 Å². The number of carbonyl (C=O) groups is 1. The van der Waals surface area contributed by atoms with Crippen LogP contribution in [0.4, 0.5) is 5.69 Å². The van der Waals surface area contributed by atoms with Crippen molar-refractivity contribution in [1.29, 1.82) is 0 Å². The lowest BCUT2D eigenvalue weighted by molar-refractivity contribution is -0.385. The Labute approximate surface area is 122 Å². The van der Waals surface area contributed by atoms with Gasteiger partial charge in [-0.05, 0) is 19.4 Å². The fraction of sp³-hybridized carbons (Fsp3) is 0.417. The summed E-state index contributed by atoms with van der Waals surface area (Å²) in [7, 11) is -4.13. The summed E-state index contributed by atoms with van der Waals surface area (Å²) >= 11 is 0. The number of hydrogen-bond acceptors (Lipinski definition) is 5. The second-order valence-corrected chi connectivity index (χ2v) is 5.96. The van der Waals surface area contributed by atoms with Crippen molar-refractivity contribution in [3.05, 3.63) is 33.9 Å². The first kappa shape index (κ1) is 17.1. The summed E-state index contributed by atoms with van der Waals surface area (Å²) in [5.41, 5.74) is -0.555. The van der Waals surface area contributed by atoms with Crippen LogP contribution in [-0.4, -0.2) is 37.2 Å². The van der Waals surface area contributed by atoms with Gasteiger partial charge in [0.1, 0.15) is 0 Å². The number of rotatable bonds is 6. The van der Waals surface area contributed by atoms with Crippen LogP contribution in [-0.2, 0) is 10.0 Å². The van der Waals surface area contributed by atoms with Crippen LogP contribution in [0.15, 0.2) is 23.1 Å². The van der Waals surface area contributed by atoms with E-state index in [4.69, 9.17) is 5.14 Å². The topological polar surface area (TPSA) is 124 Å². The second kappa shape index (κ2) is 6.64. The van der Waals surface area contributed by atoms with Gasteiger partial charge in [-0.25, -0.2) is 13.6 Å². The molecule has 0 spiro atoms. The van der Waals surface area contributed by atoms with Gasteiger partial charge in [0.25, 0.3) is 11.6 Å². The lowest BCUT2D eigenvalue weighted by Gasteiger charge is -2.20. The molecule has 0 aliphatic carbocycles. The highest BCUT2D eigenvalue weighted by Gasteiger charge is 2.21. The molecule has 1 aromatic rings. The summed E-state index contributed by atoms with van der Waals surface area (Å²) in [5, 5.41) is 15.9. The van der Waals surface area contributed by atoms with E-state index < -0.39 is 31.4 Å². The molecule has 0 aromatic heterocycles. The number of nitrogens with zero attached hydrogens (tertiary/aromatic N) is 2. The van der Waals surface area contributed by atoms with Crippen molar-refractivity contribution < 1.29 is 18.1 Å². The number of benzene rings is 1. The molecule has 8 nitrogen and oxygen atoms in total. The number of nitro benzene ring substituents is 1. The lowest BCUT2D eigenvalue weighted by atomic mass is 10.1. The zero-order valence-corrected chi connectivity index (χ0v) is 12.6. The van der Waals surface area contributed by atoms with E-state index in [2.05, 4.69) is 0 Å². The maximum atomic E-state index is 12.3. The van der Waals surface area contributed by atoms with Gasteiger partial charge >= 0.3 is 0 Å². The molecule has 0 aliphatic rings. The molecule has 2 N–H and O–H groups in total. The van der Waals surface area contributed by atoms with Gasteiger partial charge in [0.2, 0.25) is 10.0 Å². The Kier molecular flexibility index (Phi) is 5.39. The first-order valence-corrected chi connectivity index (χ1v) is 7.86. The molecule has 1 rings (SSSR count). The van der Waals surface area contributed by atoms with E-state index in [0.29, 0.717) is 13.1 Å². The molecule has 0 atom stereocenters. The highest BCUT2D eigenvalue weighted by Crippen LogP contribution is 2.21. The number of primary sulfonamides is 1. The van der Waals surface area contributed by atoms with Gasteiger partial charge in [-0.2, -0.15) is 0 Å². The molecular weight excluding hydrogens is 298 g/mol. The van der Waals surface area contributed by atoms with Crippen LogP contribution in [0.1, 0.15) is 30.6 Å². The predicted octanol–water partition coefficient (Wildman–Crippen LogP) is 1.11. The van der Waals surface area contributed by atoms with Crippen molar-refractivity contribution >= 4 is 21.6 Å². The van der Waals surface area contributed by atoms with Crippen molar-refractivity contribution in [3.63, 3.8) is 0 Å². The third-order valence-corrected chi connectivity index (χ3v) is 3.73. The van der Waals surface area contributed by atoms with Crippen LogP contribution in [0.25, 0.3) is 0 Å². The molecule has 0 unspecified atom stereocenters. The van der Waals surface area contributed by atoms with Gasteiger partial charge in [-0.1, -0.05) is 6.92 Å². The number of nitrogens with two attached hydrogens (primary N) is 1. The van der Waals surface area contributed by atoms with Crippen LogP contribution in [0.5, 0.6) is 0 Å². The molecule has 0 saturated heterocycles. The van der Waals surface area contributed by atoms with Crippen molar-refractivity contribution in [1.82, 2.24) is 4.90 Å². The highest BCUT2D eigenvalue weighted by molar-refractivity contribution is 7.89. The number of amides is 1. The van der Waals surface area contributed by atoms with Crippen molar-refractivity contribution in [2.45, 2.75) is 25.2 Å². The van der Waals surface area contributed by atoms with Crippen LogP contribution < -0.4 is 5.14 Å². The molecule has 1 aromatic carbocycles. The Morgan fingerprint density at radius 1 is 1.33 bits per heavy atom. The van der Waals surface area contributed by atoms with E-state index in [1.807, 2.05) is 6.92 Å². The fourth-order valence-electron chi connectivity index (χ4n) is 1.83. The Morgan fingerprint density at radius 2 is 1.95 bits per heavy atom. The number of non-ortho nitro benzene ring substituents is 1. The molecule has 0 aliphatic heterocycles. The molecular formula is C12H17N3O5S. The molecule has 0 bridgehead atoms. The van der Waals surface area contributed by atoms with Gasteiger partial charge in [0.15, 0.2) is 0 Å². The van der Waals surface area contributed by atoms with E-state index in [0.717, 1.165) is 24.6 Å². The first-order valence-electron chi connectivity index (χ1n) is 6.32. The van der Waals surface area contributed by atoms with Crippen LogP contribution in [0.3, 0.4) is 0 Å². The number of hydrogen-bond donors (Lipinski definition) is 1. The average Bonchev–Trinajstić information content (AvgIpc) is 2.42. The van der Waals surface area contributed by atoms with E-state index in [1.54, 1.807) is 6.92 Å². The number of nitro groups is 1. The highest BCUT2D eigenvalue weighted by atomic mass is 32.2. The zero-order chi connectivity index (χ0) is 16.2. The Balaban J connectivity index is 3.38. The minimum absolute atomic E-state index is 0.0662. The summed E-state index contributed by atoms with van der Waals surface area (Å²) in [5.74, 6) is -0.465. The minimum Gasteiger partial charge on any atom is -0.339 e. The summed E-state index contributed by atoms with van der Waals surface area (Å²) in [6, 6.07) is 2.94. The van der Waals surface area contributed by atoms with Gasteiger partial charge in [0, 0.05) is 30.8 Å². The molecule has 1 amide bonds. The Hall–Kier alpha value is -2.00. The van der Waals surface area contributed by atoms with E-state index >= 15 is 0 Å². The van der Waals surface area contributed by atoms with E-state index in [1.165, 1.54) is 4.90 Å². The second-order valence-electron chi connectivity index (χ2n) is 4.40. The Morgan fingerprint density at radius 3 is 2.38 bits per heavy atom. The van der Waals surface area contributed by atoms with E-state index in [-0.39, 0.29) is 5.56 Å². The largest absolute Gasteiger partial charge is 0.339 e. The fourth-order valence-corrected chi connectivity index (χ4v) is 2.41. The number of carbonyl (C=O) groups excluding carboxylic acids is 1. The third-order valence-electron chi connectivity index (χ3n) is 2.84. The molecule has 0 heterocycles. The molecule has 0 radical (unpaired) electrons. The molecule has 0 saturated carbocycles. The van der Waals surface area contributed by atoms with Gasteiger partial charge in [-0.15, -0.1) is 0 Å². The average molecular weight is 315 g/mol. The van der Waals surface area contributed by atoms with Gasteiger partial charge in [0.05, 0.1) is 9.82 Å². The standard InChI is InChI=1S/C12H17N3O5S/c1-3-5-14(4-2)12(16)9-6-10(15(17)18)8-11(7-9)21(13,19)20/h6-8H,3-5H2,1-2H3,(H2,13,19,20). The smallest absolute Gasteiger partial charge is 0.271 e. The van der Waals surface area contributed by atoms with Gasteiger partial charge in [-0.3, -0.25) is 14.9 Å². The normalized spacial score (nSPS) is 11.2.